The molecule has 0 saturated carbocycles. The molecule has 0 atom stereocenters. The molecule has 5 nitrogen and oxygen atoms in total. The number of imidazole rings is 1. The van der Waals surface area contributed by atoms with Crippen LogP contribution in [0.25, 0.3) is 0 Å². The molecule has 0 N–H and O–H groups in total. The Labute approximate surface area is 126 Å². The molecular weight excluding hydrogens is 286 g/mol. The third-order valence-electron chi connectivity index (χ3n) is 3.50. The Bertz CT molecular complexity index is 706. The van der Waals surface area contributed by atoms with Crippen LogP contribution in [-0.4, -0.2) is 23.0 Å². The molecule has 6 heteroatoms. The molecule has 2 aromatic heterocycles. The number of rotatable bonds is 6. The van der Waals surface area contributed by atoms with E-state index in [1.807, 2.05) is 18.4 Å². The SMILES string of the molecule is CCCCn1c(S(=O)(=O)Cc2ccccn2)nc(C)c1C. The summed E-state index contributed by atoms with van der Waals surface area (Å²) in [5, 5.41) is 0.164. The number of aryl methyl sites for hydroxylation is 1. The Morgan fingerprint density at radius 3 is 2.62 bits per heavy atom. The summed E-state index contributed by atoms with van der Waals surface area (Å²) in [4.78, 5) is 8.37. The fourth-order valence-electron chi connectivity index (χ4n) is 2.18. The highest BCUT2D eigenvalue weighted by atomic mass is 32.2. The number of hydrogen-bond acceptors (Lipinski definition) is 4. The van der Waals surface area contributed by atoms with E-state index in [1.165, 1.54) is 0 Å². The first kappa shape index (κ1) is 15.7. The van der Waals surface area contributed by atoms with Gasteiger partial charge in [0.05, 0.1) is 11.4 Å². The van der Waals surface area contributed by atoms with Gasteiger partial charge in [-0.05, 0) is 32.4 Å². The van der Waals surface area contributed by atoms with E-state index in [0.717, 1.165) is 24.2 Å². The average Bonchev–Trinajstić information content (AvgIpc) is 2.74. The van der Waals surface area contributed by atoms with Gasteiger partial charge in [-0.3, -0.25) is 4.98 Å². The lowest BCUT2D eigenvalue weighted by atomic mass is 10.3. The first-order valence-electron chi connectivity index (χ1n) is 7.12. The Morgan fingerprint density at radius 2 is 2.00 bits per heavy atom. The second-order valence-electron chi connectivity index (χ2n) is 5.15. The van der Waals surface area contributed by atoms with Crippen LogP contribution in [0.5, 0.6) is 0 Å². The quantitative estimate of drug-likeness (QED) is 0.823. The van der Waals surface area contributed by atoms with Gasteiger partial charge in [0.15, 0.2) is 0 Å². The maximum absolute atomic E-state index is 12.6. The number of hydrogen-bond donors (Lipinski definition) is 0. The van der Waals surface area contributed by atoms with Crippen LogP contribution in [0.15, 0.2) is 29.6 Å². The van der Waals surface area contributed by atoms with Crippen LogP contribution in [0.4, 0.5) is 0 Å². The fourth-order valence-corrected chi connectivity index (χ4v) is 3.71. The van der Waals surface area contributed by atoms with Crippen molar-refractivity contribution in [1.29, 1.82) is 0 Å². The number of unbranched alkanes of at least 4 members (excludes halogenated alkanes) is 1. The number of aromatic nitrogens is 3. The zero-order chi connectivity index (χ0) is 15.5. The predicted molar refractivity (Wildman–Crippen MR) is 81.7 cm³/mol. The Balaban J connectivity index is 2.38. The van der Waals surface area contributed by atoms with Crippen molar-refractivity contribution < 1.29 is 8.42 Å². The molecular formula is C15H21N3O2S. The van der Waals surface area contributed by atoms with Gasteiger partial charge in [-0.2, -0.15) is 0 Å². The molecule has 0 aliphatic carbocycles. The summed E-state index contributed by atoms with van der Waals surface area (Å²) < 4.78 is 27.1. The Hall–Kier alpha value is -1.69. The van der Waals surface area contributed by atoms with E-state index < -0.39 is 9.84 Å². The van der Waals surface area contributed by atoms with Gasteiger partial charge in [0.1, 0.15) is 5.75 Å². The van der Waals surface area contributed by atoms with Crippen LogP contribution >= 0.6 is 0 Å². The van der Waals surface area contributed by atoms with Crippen LogP contribution in [0.1, 0.15) is 36.8 Å². The van der Waals surface area contributed by atoms with Gasteiger partial charge in [0, 0.05) is 18.4 Å². The fraction of sp³-hybridized carbons (Fsp3) is 0.467. The Morgan fingerprint density at radius 1 is 1.24 bits per heavy atom. The summed E-state index contributed by atoms with van der Waals surface area (Å²) in [5.74, 6) is -0.115. The van der Waals surface area contributed by atoms with Gasteiger partial charge in [-0.25, -0.2) is 13.4 Å². The van der Waals surface area contributed by atoms with Crippen LogP contribution in [0.2, 0.25) is 0 Å². The minimum Gasteiger partial charge on any atom is -0.319 e. The minimum absolute atomic E-state index is 0.115. The van der Waals surface area contributed by atoms with Crippen molar-refractivity contribution in [2.75, 3.05) is 0 Å². The van der Waals surface area contributed by atoms with Crippen molar-refractivity contribution in [3.63, 3.8) is 0 Å². The monoisotopic (exact) mass is 307 g/mol. The minimum atomic E-state index is -3.49. The molecule has 0 spiro atoms. The van der Waals surface area contributed by atoms with E-state index >= 15 is 0 Å². The molecule has 2 heterocycles. The van der Waals surface area contributed by atoms with E-state index in [1.54, 1.807) is 24.4 Å². The molecule has 21 heavy (non-hydrogen) atoms. The second kappa shape index (κ2) is 6.39. The van der Waals surface area contributed by atoms with Crippen LogP contribution < -0.4 is 0 Å². The van der Waals surface area contributed by atoms with Crippen molar-refractivity contribution in [1.82, 2.24) is 14.5 Å². The molecule has 0 unspecified atom stereocenters. The molecule has 0 fully saturated rings. The molecule has 0 aliphatic rings. The lowest BCUT2D eigenvalue weighted by molar-refractivity contribution is 0.538. The summed E-state index contributed by atoms with van der Waals surface area (Å²) >= 11 is 0. The number of nitrogens with zero attached hydrogens (tertiary/aromatic N) is 3. The van der Waals surface area contributed by atoms with Crippen molar-refractivity contribution in [3.8, 4) is 0 Å². The number of sulfone groups is 1. The molecule has 2 aromatic rings. The maximum atomic E-state index is 12.6. The largest absolute Gasteiger partial charge is 0.319 e. The summed E-state index contributed by atoms with van der Waals surface area (Å²) in [6.07, 6.45) is 3.55. The molecule has 0 aromatic carbocycles. The van der Waals surface area contributed by atoms with E-state index in [9.17, 15) is 8.42 Å². The van der Waals surface area contributed by atoms with Crippen LogP contribution in [0.3, 0.4) is 0 Å². The highest BCUT2D eigenvalue weighted by Crippen LogP contribution is 2.19. The smallest absolute Gasteiger partial charge is 0.228 e. The topological polar surface area (TPSA) is 64.8 Å². The van der Waals surface area contributed by atoms with E-state index in [2.05, 4.69) is 16.9 Å². The van der Waals surface area contributed by atoms with Crippen molar-refractivity contribution in [2.24, 2.45) is 0 Å². The molecule has 0 radical (unpaired) electrons. The van der Waals surface area contributed by atoms with Gasteiger partial charge in [-0.15, -0.1) is 0 Å². The lowest BCUT2D eigenvalue weighted by Crippen LogP contribution is -2.14. The predicted octanol–water partition coefficient (Wildman–Crippen LogP) is 2.67. The van der Waals surface area contributed by atoms with E-state index in [-0.39, 0.29) is 10.9 Å². The van der Waals surface area contributed by atoms with Gasteiger partial charge < -0.3 is 4.57 Å². The van der Waals surface area contributed by atoms with Crippen LogP contribution in [0, 0.1) is 13.8 Å². The summed E-state index contributed by atoms with van der Waals surface area (Å²) in [6.45, 7) is 6.52. The maximum Gasteiger partial charge on any atom is 0.228 e. The second-order valence-corrected chi connectivity index (χ2v) is 7.03. The van der Waals surface area contributed by atoms with Crippen molar-refractivity contribution in [3.05, 3.63) is 41.5 Å². The van der Waals surface area contributed by atoms with Gasteiger partial charge >= 0.3 is 0 Å². The highest BCUT2D eigenvalue weighted by molar-refractivity contribution is 7.90. The standard InChI is InChI=1S/C15H21N3O2S/c1-4-5-10-18-13(3)12(2)17-15(18)21(19,20)11-14-8-6-7-9-16-14/h6-9H,4-5,10-11H2,1-3H3. The summed E-state index contributed by atoms with van der Waals surface area (Å²) in [5.41, 5.74) is 2.23. The molecule has 0 saturated heterocycles. The third-order valence-corrected chi connectivity index (χ3v) is 5.04. The van der Waals surface area contributed by atoms with Crippen molar-refractivity contribution in [2.45, 2.75) is 51.1 Å². The van der Waals surface area contributed by atoms with E-state index in [4.69, 9.17) is 0 Å². The first-order valence-corrected chi connectivity index (χ1v) is 8.77. The molecule has 0 amide bonds. The molecule has 2 rings (SSSR count). The highest BCUT2D eigenvalue weighted by Gasteiger charge is 2.24. The van der Waals surface area contributed by atoms with Crippen LogP contribution in [-0.2, 0) is 22.1 Å². The zero-order valence-electron chi connectivity index (χ0n) is 12.7. The van der Waals surface area contributed by atoms with Gasteiger partial charge in [0.2, 0.25) is 15.0 Å². The summed E-state index contributed by atoms with van der Waals surface area (Å²) in [6, 6.07) is 5.28. The lowest BCUT2D eigenvalue weighted by Gasteiger charge is -2.09. The van der Waals surface area contributed by atoms with Gasteiger partial charge in [0.25, 0.3) is 0 Å². The third kappa shape index (κ3) is 3.50. The molecule has 0 bridgehead atoms. The summed E-state index contributed by atoms with van der Waals surface area (Å²) in [7, 11) is -3.49. The van der Waals surface area contributed by atoms with E-state index in [0.29, 0.717) is 12.2 Å². The van der Waals surface area contributed by atoms with Crippen molar-refractivity contribution >= 4 is 9.84 Å². The average molecular weight is 307 g/mol. The molecule has 114 valence electrons. The number of pyridine rings is 1. The van der Waals surface area contributed by atoms with Gasteiger partial charge in [-0.1, -0.05) is 19.4 Å². The molecule has 0 aliphatic heterocycles. The Kier molecular flexibility index (Phi) is 4.77. The normalized spacial score (nSPS) is 11.8. The zero-order valence-corrected chi connectivity index (χ0v) is 13.5. The first-order chi connectivity index (χ1) is 9.95.